The minimum atomic E-state index is -3.59. The number of anilines is 1. The van der Waals surface area contributed by atoms with Crippen molar-refractivity contribution in [3.05, 3.63) is 23.8 Å². The fraction of sp³-hybridized carbons (Fsp3) is 0.417. The Bertz CT molecular complexity index is 609. The molecule has 110 valence electrons. The first-order valence-electron chi connectivity index (χ1n) is 6.29. The van der Waals surface area contributed by atoms with Crippen LogP contribution in [0.2, 0.25) is 0 Å². The Labute approximate surface area is 118 Å². The number of benzene rings is 1. The van der Waals surface area contributed by atoms with Crippen LogP contribution >= 0.6 is 0 Å². The molecule has 0 aromatic heterocycles. The van der Waals surface area contributed by atoms with E-state index in [1.54, 1.807) is 4.90 Å². The third-order valence-electron chi connectivity index (χ3n) is 3.24. The Hall–Kier alpha value is -1.64. The van der Waals surface area contributed by atoms with E-state index in [4.69, 9.17) is 5.73 Å². The van der Waals surface area contributed by atoms with Crippen molar-refractivity contribution in [1.29, 1.82) is 0 Å². The summed E-state index contributed by atoms with van der Waals surface area (Å²) in [6.07, 6.45) is 0. The van der Waals surface area contributed by atoms with Gasteiger partial charge in [0.05, 0.1) is 10.5 Å². The average Bonchev–Trinajstić information content (AvgIpc) is 2.47. The molecule has 0 unspecified atom stereocenters. The zero-order chi connectivity index (χ0) is 14.8. The third kappa shape index (κ3) is 2.92. The molecule has 0 radical (unpaired) electrons. The first kappa shape index (κ1) is 14.8. The van der Waals surface area contributed by atoms with E-state index in [0.717, 1.165) is 13.1 Å². The zero-order valence-electron chi connectivity index (χ0n) is 11.2. The average molecular weight is 298 g/mol. The molecule has 8 heteroatoms. The van der Waals surface area contributed by atoms with E-state index in [0.29, 0.717) is 13.1 Å². The molecule has 4 N–H and O–H groups in total. The van der Waals surface area contributed by atoms with Crippen LogP contribution in [0.4, 0.5) is 5.69 Å². The molecule has 1 fully saturated rings. The zero-order valence-corrected chi connectivity index (χ0v) is 12.0. The van der Waals surface area contributed by atoms with Gasteiger partial charge in [0, 0.05) is 31.9 Å². The molecule has 0 spiro atoms. The van der Waals surface area contributed by atoms with E-state index in [1.165, 1.54) is 25.2 Å². The maximum Gasteiger partial charge on any atom is 0.256 e. The lowest BCUT2D eigenvalue weighted by molar-refractivity contribution is 0.0736. The standard InChI is InChI=1S/C12H18N4O3S/c1-14-20(18,19)9-2-3-11(13)10(8-9)12(17)16-6-4-15-5-7-16/h2-3,8,14-15H,4-7,13H2,1H3. The van der Waals surface area contributed by atoms with Gasteiger partial charge in [-0.1, -0.05) is 0 Å². The van der Waals surface area contributed by atoms with Crippen molar-refractivity contribution in [2.24, 2.45) is 0 Å². The van der Waals surface area contributed by atoms with Crippen molar-refractivity contribution in [3.63, 3.8) is 0 Å². The number of amides is 1. The van der Waals surface area contributed by atoms with Gasteiger partial charge in [0.1, 0.15) is 0 Å². The normalized spacial score (nSPS) is 16.1. The number of nitrogen functional groups attached to an aromatic ring is 1. The van der Waals surface area contributed by atoms with Crippen molar-refractivity contribution < 1.29 is 13.2 Å². The number of sulfonamides is 1. The van der Waals surface area contributed by atoms with Gasteiger partial charge in [0.2, 0.25) is 10.0 Å². The summed E-state index contributed by atoms with van der Waals surface area (Å²) in [7, 11) is -2.27. The number of nitrogens with one attached hydrogen (secondary N) is 2. The largest absolute Gasteiger partial charge is 0.398 e. The number of piperazine rings is 1. The van der Waals surface area contributed by atoms with Gasteiger partial charge in [0.25, 0.3) is 5.91 Å². The number of rotatable bonds is 3. The molecule has 7 nitrogen and oxygen atoms in total. The Morgan fingerprint density at radius 1 is 1.35 bits per heavy atom. The summed E-state index contributed by atoms with van der Waals surface area (Å²) < 4.78 is 25.8. The number of nitrogens with two attached hydrogens (primary N) is 1. The number of hydrogen-bond acceptors (Lipinski definition) is 5. The summed E-state index contributed by atoms with van der Waals surface area (Å²) in [6.45, 7) is 2.61. The minimum absolute atomic E-state index is 0.0349. The van der Waals surface area contributed by atoms with E-state index in [2.05, 4.69) is 10.0 Å². The predicted molar refractivity (Wildman–Crippen MR) is 75.9 cm³/mol. The smallest absolute Gasteiger partial charge is 0.256 e. The molecule has 1 aromatic rings. The van der Waals surface area contributed by atoms with Crippen LogP contribution in [0, 0.1) is 0 Å². The number of carbonyl (C=O) groups is 1. The lowest BCUT2D eigenvalue weighted by Crippen LogP contribution is -2.46. The SMILES string of the molecule is CNS(=O)(=O)c1ccc(N)c(C(=O)N2CCNCC2)c1. The van der Waals surface area contributed by atoms with Gasteiger partial charge in [-0.15, -0.1) is 0 Å². The monoisotopic (exact) mass is 298 g/mol. The summed E-state index contributed by atoms with van der Waals surface area (Å²) in [5.74, 6) is -0.239. The molecule has 0 saturated carbocycles. The Balaban J connectivity index is 2.35. The van der Waals surface area contributed by atoms with Crippen molar-refractivity contribution in [3.8, 4) is 0 Å². The second-order valence-electron chi connectivity index (χ2n) is 4.50. The Morgan fingerprint density at radius 2 is 2.00 bits per heavy atom. The lowest BCUT2D eigenvalue weighted by Gasteiger charge is -2.28. The fourth-order valence-electron chi connectivity index (χ4n) is 2.04. The summed E-state index contributed by atoms with van der Waals surface area (Å²) in [4.78, 5) is 14.1. The second-order valence-corrected chi connectivity index (χ2v) is 6.39. The third-order valence-corrected chi connectivity index (χ3v) is 4.65. The van der Waals surface area contributed by atoms with Crippen molar-refractivity contribution >= 4 is 21.6 Å². The Morgan fingerprint density at radius 3 is 2.60 bits per heavy atom. The van der Waals surface area contributed by atoms with Gasteiger partial charge < -0.3 is 16.0 Å². The van der Waals surface area contributed by atoms with Crippen molar-refractivity contribution in [2.75, 3.05) is 39.0 Å². The topological polar surface area (TPSA) is 105 Å². The molecule has 20 heavy (non-hydrogen) atoms. The molecular formula is C12H18N4O3S. The highest BCUT2D eigenvalue weighted by Crippen LogP contribution is 2.19. The van der Waals surface area contributed by atoms with Gasteiger partial charge in [-0.05, 0) is 25.2 Å². The molecule has 1 aliphatic heterocycles. The van der Waals surface area contributed by atoms with Crippen molar-refractivity contribution in [1.82, 2.24) is 14.9 Å². The number of hydrogen-bond donors (Lipinski definition) is 3. The molecule has 2 rings (SSSR count). The van der Waals surface area contributed by atoms with Crippen LogP contribution in [-0.2, 0) is 10.0 Å². The van der Waals surface area contributed by atoms with Gasteiger partial charge >= 0.3 is 0 Å². The van der Waals surface area contributed by atoms with Crippen LogP contribution in [-0.4, -0.2) is 52.5 Å². The maximum absolute atomic E-state index is 12.4. The van der Waals surface area contributed by atoms with Gasteiger partial charge in [-0.25, -0.2) is 13.1 Å². The summed E-state index contributed by atoms with van der Waals surface area (Å²) in [6, 6.07) is 4.15. The van der Waals surface area contributed by atoms with Crippen LogP contribution in [0.15, 0.2) is 23.1 Å². The molecular weight excluding hydrogens is 280 g/mol. The van der Waals surface area contributed by atoms with Crippen LogP contribution in [0.1, 0.15) is 10.4 Å². The van der Waals surface area contributed by atoms with Crippen molar-refractivity contribution in [2.45, 2.75) is 4.90 Å². The first-order chi connectivity index (χ1) is 9.45. The van der Waals surface area contributed by atoms with Gasteiger partial charge in [-0.3, -0.25) is 4.79 Å². The quantitative estimate of drug-likeness (QED) is 0.635. The van der Waals surface area contributed by atoms with E-state index >= 15 is 0 Å². The predicted octanol–water partition coefficient (Wildman–Crippen LogP) is -0.778. The molecule has 0 bridgehead atoms. The van der Waals surface area contributed by atoms with E-state index < -0.39 is 10.0 Å². The molecule has 1 heterocycles. The number of nitrogens with zero attached hydrogens (tertiary/aromatic N) is 1. The van der Waals surface area contributed by atoms with E-state index in [9.17, 15) is 13.2 Å². The molecule has 1 amide bonds. The molecule has 1 aromatic carbocycles. The highest BCUT2D eigenvalue weighted by atomic mass is 32.2. The van der Waals surface area contributed by atoms with Gasteiger partial charge in [-0.2, -0.15) is 0 Å². The number of carbonyl (C=O) groups excluding carboxylic acids is 1. The van der Waals surface area contributed by atoms with Gasteiger partial charge in [0.15, 0.2) is 0 Å². The maximum atomic E-state index is 12.4. The Kier molecular flexibility index (Phi) is 4.26. The molecule has 0 atom stereocenters. The lowest BCUT2D eigenvalue weighted by atomic mass is 10.1. The van der Waals surface area contributed by atoms with Crippen LogP contribution in [0.3, 0.4) is 0 Å². The van der Waals surface area contributed by atoms with Crippen LogP contribution in [0.25, 0.3) is 0 Å². The minimum Gasteiger partial charge on any atom is -0.398 e. The summed E-state index contributed by atoms with van der Waals surface area (Å²) in [5.41, 5.74) is 6.31. The first-order valence-corrected chi connectivity index (χ1v) is 7.77. The summed E-state index contributed by atoms with van der Waals surface area (Å²) in [5, 5.41) is 3.15. The fourth-order valence-corrected chi connectivity index (χ4v) is 2.80. The van der Waals surface area contributed by atoms with Crippen LogP contribution < -0.4 is 15.8 Å². The highest BCUT2D eigenvalue weighted by molar-refractivity contribution is 7.89. The van der Waals surface area contributed by atoms with E-state index in [-0.39, 0.29) is 22.1 Å². The molecule has 0 aliphatic carbocycles. The molecule has 1 aliphatic rings. The van der Waals surface area contributed by atoms with E-state index in [1.807, 2.05) is 0 Å². The molecule has 1 saturated heterocycles. The highest BCUT2D eigenvalue weighted by Gasteiger charge is 2.22. The second kappa shape index (κ2) is 5.78. The summed E-state index contributed by atoms with van der Waals surface area (Å²) >= 11 is 0. The van der Waals surface area contributed by atoms with Crippen LogP contribution in [0.5, 0.6) is 0 Å².